The minimum Gasteiger partial charge on any atom is -0.300 e. The maximum Gasteiger partial charge on any atom is 0.155 e. The average molecular weight is 248 g/mol. The van der Waals surface area contributed by atoms with E-state index in [4.69, 9.17) is 10.1 Å². The highest BCUT2D eigenvalue weighted by Gasteiger charge is 2.30. The molecule has 1 aromatic rings. The van der Waals surface area contributed by atoms with Gasteiger partial charge in [-0.15, -0.1) is 0 Å². The Bertz CT molecular complexity index is 423. The van der Waals surface area contributed by atoms with E-state index in [2.05, 4.69) is 30.4 Å². The fourth-order valence-electron chi connectivity index (χ4n) is 3.22. The number of aromatic nitrogens is 3. The monoisotopic (exact) mass is 248 g/mol. The maximum atomic E-state index is 4.80. The van der Waals surface area contributed by atoms with Crippen molar-refractivity contribution in [2.75, 3.05) is 13.1 Å². The zero-order chi connectivity index (χ0) is 12.7. The largest absolute Gasteiger partial charge is 0.300 e. The molecule has 2 aliphatic rings. The molecule has 4 heteroatoms. The van der Waals surface area contributed by atoms with Crippen molar-refractivity contribution in [3.63, 3.8) is 0 Å². The zero-order valence-electron chi connectivity index (χ0n) is 11.8. The van der Waals surface area contributed by atoms with E-state index in [1.165, 1.54) is 31.6 Å². The first-order valence-corrected chi connectivity index (χ1v) is 7.34. The van der Waals surface area contributed by atoms with E-state index >= 15 is 0 Å². The van der Waals surface area contributed by atoms with Crippen LogP contribution in [0.15, 0.2) is 0 Å². The number of nitrogens with zero attached hydrogens (tertiary/aromatic N) is 4. The highest BCUT2D eigenvalue weighted by Crippen LogP contribution is 2.29. The molecule has 0 saturated carbocycles. The zero-order valence-corrected chi connectivity index (χ0v) is 11.8. The van der Waals surface area contributed by atoms with Gasteiger partial charge in [-0.05, 0) is 46.6 Å². The van der Waals surface area contributed by atoms with Crippen molar-refractivity contribution in [3.05, 3.63) is 11.6 Å². The van der Waals surface area contributed by atoms with Crippen LogP contribution in [0.4, 0.5) is 0 Å². The summed E-state index contributed by atoms with van der Waals surface area (Å²) in [6, 6.07) is 1.18. The molecule has 0 aromatic carbocycles. The van der Waals surface area contributed by atoms with Crippen molar-refractivity contribution in [1.82, 2.24) is 19.7 Å². The molecule has 0 radical (unpaired) electrons. The summed E-state index contributed by atoms with van der Waals surface area (Å²) in [7, 11) is 0. The maximum absolute atomic E-state index is 4.80. The van der Waals surface area contributed by atoms with Crippen LogP contribution in [0.3, 0.4) is 0 Å². The average Bonchev–Trinajstić information content (AvgIpc) is 2.95. The summed E-state index contributed by atoms with van der Waals surface area (Å²) in [6.45, 7) is 9.14. The second-order valence-corrected chi connectivity index (χ2v) is 6.15. The first-order chi connectivity index (χ1) is 8.65. The molecule has 3 rings (SSSR count). The lowest BCUT2D eigenvalue weighted by molar-refractivity contribution is 0.271. The van der Waals surface area contributed by atoms with Crippen LogP contribution in [0.1, 0.15) is 63.6 Å². The van der Waals surface area contributed by atoms with E-state index in [0.717, 1.165) is 18.8 Å². The normalized spacial score (nSPS) is 28.9. The third-order valence-corrected chi connectivity index (χ3v) is 4.47. The van der Waals surface area contributed by atoms with Crippen LogP contribution in [0.2, 0.25) is 0 Å². The van der Waals surface area contributed by atoms with Gasteiger partial charge in [-0.25, -0.2) is 9.67 Å². The van der Waals surface area contributed by atoms with E-state index in [9.17, 15) is 0 Å². The number of fused-ring (bicyclic) bond motifs is 1. The van der Waals surface area contributed by atoms with E-state index in [1.54, 1.807) is 0 Å². The summed E-state index contributed by atoms with van der Waals surface area (Å²) in [5, 5.41) is 4.79. The standard InChI is InChI=1S/C14H24N4/c1-10(2)17-8-7-12(9-17)14-15-13-6-4-5-11(3)18(13)16-14/h10-12H,4-9H2,1-3H3. The van der Waals surface area contributed by atoms with Gasteiger partial charge in [0.25, 0.3) is 0 Å². The third kappa shape index (κ3) is 2.07. The molecule has 1 fully saturated rings. The van der Waals surface area contributed by atoms with Crippen LogP contribution in [-0.2, 0) is 6.42 Å². The Morgan fingerprint density at radius 1 is 1.28 bits per heavy atom. The van der Waals surface area contributed by atoms with E-state index < -0.39 is 0 Å². The van der Waals surface area contributed by atoms with Gasteiger partial charge in [0.2, 0.25) is 0 Å². The van der Waals surface area contributed by atoms with Gasteiger partial charge in [0, 0.05) is 24.9 Å². The molecule has 2 atom stereocenters. The van der Waals surface area contributed by atoms with E-state index in [1.807, 2.05) is 0 Å². The Kier molecular flexibility index (Phi) is 3.14. The van der Waals surface area contributed by atoms with Crippen LogP contribution in [0.5, 0.6) is 0 Å². The fourth-order valence-corrected chi connectivity index (χ4v) is 3.22. The van der Waals surface area contributed by atoms with Gasteiger partial charge in [0.1, 0.15) is 5.82 Å². The molecule has 0 bridgehead atoms. The van der Waals surface area contributed by atoms with Crippen LogP contribution in [0, 0.1) is 0 Å². The van der Waals surface area contributed by atoms with Gasteiger partial charge >= 0.3 is 0 Å². The fraction of sp³-hybridized carbons (Fsp3) is 0.857. The van der Waals surface area contributed by atoms with Crippen LogP contribution < -0.4 is 0 Å². The van der Waals surface area contributed by atoms with Crippen molar-refractivity contribution in [2.24, 2.45) is 0 Å². The molecule has 100 valence electrons. The van der Waals surface area contributed by atoms with Gasteiger partial charge in [-0.3, -0.25) is 0 Å². The van der Waals surface area contributed by atoms with Crippen LogP contribution >= 0.6 is 0 Å². The number of aryl methyl sites for hydroxylation is 1. The molecular formula is C14H24N4. The molecule has 2 aliphatic heterocycles. The minimum atomic E-state index is 0.539. The summed E-state index contributed by atoms with van der Waals surface area (Å²) in [5.41, 5.74) is 0. The van der Waals surface area contributed by atoms with Gasteiger partial charge in [-0.1, -0.05) is 0 Å². The van der Waals surface area contributed by atoms with Gasteiger partial charge < -0.3 is 4.90 Å². The molecule has 4 nitrogen and oxygen atoms in total. The van der Waals surface area contributed by atoms with Gasteiger partial charge in [-0.2, -0.15) is 5.10 Å². The predicted molar refractivity (Wildman–Crippen MR) is 71.7 cm³/mol. The van der Waals surface area contributed by atoms with E-state index in [0.29, 0.717) is 18.0 Å². The molecule has 1 aromatic heterocycles. The van der Waals surface area contributed by atoms with Crippen molar-refractivity contribution < 1.29 is 0 Å². The van der Waals surface area contributed by atoms with Crippen molar-refractivity contribution in [1.29, 1.82) is 0 Å². The van der Waals surface area contributed by atoms with Crippen molar-refractivity contribution in [2.45, 2.75) is 64.5 Å². The molecule has 0 amide bonds. The highest BCUT2D eigenvalue weighted by atomic mass is 15.4. The molecule has 18 heavy (non-hydrogen) atoms. The summed E-state index contributed by atoms with van der Waals surface area (Å²) in [4.78, 5) is 7.34. The SMILES string of the molecule is CC(C)N1CCC(c2nc3n(n2)C(C)CCC3)C1. The van der Waals surface area contributed by atoms with Crippen LogP contribution in [0.25, 0.3) is 0 Å². The molecule has 2 unspecified atom stereocenters. The van der Waals surface area contributed by atoms with Crippen molar-refractivity contribution >= 4 is 0 Å². The lowest BCUT2D eigenvalue weighted by Crippen LogP contribution is -2.28. The van der Waals surface area contributed by atoms with Gasteiger partial charge in [0.05, 0.1) is 6.04 Å². The lowest BCUT2D eigenvalue weighted by atomic mass is 10.1. The summed E-state index contributed by atoms with van der Waals surface area (Å²) >= 11 is 0. The molecule has 1 saturated heterocycles. The quantitative estimate of drug-likeness (QED) is 0.806. The Labute approximate surface area is 109 Å². The third-order valence-electron chi connectivity index (χ3n) is 4.47. The highest BCUT2D eigenvalue weighted by molar-refractivity contribution is 5.05. The number of hydrogen-bond donors (Lipinski definition) is 0. The second kappa shape index (κ2) is 4.65. The number of likely N-dealkylation sites (tertiary alicyclic amines) is 1. The Morgan fingerprint density at radius 2 is 2.11 bits per heavy atom. The molecule has 3 heterocycles. The number of hydrogen-bond acceptors (Lipinski definition) is 3. The summed E-state index contributed by atoms with van der Waals surface area (Å²) < 4.78 is 2.18. The van der Waals surface area contributed by atoms with Crippen LogP contribution in [-0.4, -0.2) is 38.8 Å². The molecular weight excluding hydrogens is 224 g/mol. The van der Waals surface area contributed by atoms with Gasteiger partial charge in [0.15, 0.2) is 5.82 Å². The minimum absolute atomic E-state index is 0.539. The second-order valence-electron chi connectivity index (χ2n) is 6.15. The first-order valence-electron chi connectivity index (χ1n) is 7.34. The summed E-state index contributed by atoms with van der Waals surface area (Å²) in [5.74, 6) is 2.87. The number of rotatable bonds is 2. The smallest absolute Gasteiger partial charge is 0.155 e. The predicted octanol–water partition coefficient (Wildman–Crippen LogP) is 2.37. The topological polar surface area (TPSA) is 34.0 Å². The Hall–Kier alpha value is -0.900. The lowest BCUT2D eigenvalue weighted by Gasteiger charge is -2.19. The van der Waals surface area contributed by atoms with Crippen molar-refractivity contribution in [3.8, 4) is 0 Å². The van der Waals surface area contributed by atoms with E-state index in [-0.39, 0.29) is 0 Å². The molecule has 0 N–H and O–H groups in total. The Morgan fingerprint density at radius 3 is 2.78 bits per heavy atom. The summed E-state index contributed by atoms with van der Waals surface area (Å²) in [6.07, 6.45) is 4.84. The first kappa shape index (κ1) is 12.2. The Balaban J connectivity index is 1.78. The molecule has 0 aliphatic carbocycles. The molecule has 0 spiro atoms.